The molecule has 1 unspecified atom stereocenters. The Kier molecular flexibility index (Phi) is 14.3. The molecule has 0 heterocycles. The number of aliphatic carboxylic acids is 2. The first kappa shape index (κ1) is 22.5. The van der Waals surface area contributed by atoms with Crippen LogP contribution in [0.3, 0.4) is 0 Å². The third kappa shape index (κ3) is 24.5. The van der Waals surface area contributed by atoms with Crippen molar-refractivity contribution in [2.24, 2.45) is 0 Å². The third-order valence-corrected chi connectivity index (χ3v) is 4.11. The van der Waals surface area contributed by atoms with Gasteiger partial charge in [-0.15, -0.1) is 0 Å². The van der Waals surface area contributed by atoms with E-state index >= 15 is 0 Å². The molecule has 0 aliphatic rings. The van der Waals surface area contributed by atoms with Crippen molar-refractivity contribution in [2.45, 2.75) is 16.3 Å². The Hall–Kier alpha value is -0.670. The summed E-state index contributed by atoms with van der Waals surface area (Å²) in [5, 5.41) is 15.5. The molecule has 7 nitrogen and oxygen atoms in total. The van der Waals surface area contributed by atoms with E-state index in [1.807, 2.05) is 0 Å². The van der Waals surface area contributed by atoms with E-state index in [0.29, 0.717) is 27.9 Å². The molecule has 1 atom stereocenters. The van der Waals surface area contributed by atoms with Crippen molar-refractivity contribution in [3.63, 3.8) is 0 Å². The Bertz CT molecular complexity index is 385. The van der Waals surface area contributed by atoms with Gasteiger partial charge in [0.25, 0.3) is 0 Å². The Balaban J connectivity index is -0.000000190. The number of rotatable bonds is 3. The Morgan fingerprint density at radius 1 is 1.33 bits per heavy atom. The van der Waals surface area contributed by atoms with Gasteiger partial charge in [-0.25, -0.2) is 9.59 Å². The van der Waals surface area contributed by atoms with Crippen molar-refractivity contribution in [3.05, 3.63) is 24.8 Å². The zero-order valence-corrected chi connectivity index (χ0v) is 13.3. The van der Waals surface area contributed by atoms with E-state index in [9.17, 15) is 18.0 Å². The van der Waals surface area contributed by atoms with Crippen LogP contribution in [-0.4, -0.2) is 65.6 Å². The summed E-state index contributed by atoms with van der Waals surface area (Å²) < 4.78 is 27.4. The van der Waals surface area contributed by atoms with Crippen molar-refractivity contribution >= 4 is 50.0 Å². The number of hydrogen-bond donors (Lipinski definition) is 3. The van der Waals surface area contributed by atoms with Crippen molar-refractivity contribution in [3.8, 4) is 0 Å². The quantitative estimate of drug-likeness (QED) is 0.387. The third-order valence-electron chi connectivity index (χ3n) is 1.14. The maximum atomic E-state index is 9.92. The SMILES string of the molecule is C=C(C)C(=O)O.C=CC(=O)O.C[CH]([Na])S(=O)(=O)O. The van der Waals surface area contributed by atoms with Crippen LogP contribution in [0.25, 0.3) is 0 Å². The van der Waals surface area contributed by atoms with Gasteiger partial charge in [-0.2, -0.15) is 0 Å². The number of carbonyl (C=O) groups is 2. The van der Waals surface area contributed by atoms with E-state index in [4.69, 9.17) is 14.8 Å². The predicted octanol–water partition coefficient (Wildman–Crippen LogP) is 0.293. The normalized spacial score (nSPS) is 10.7. The van der Waals surface area contributed by atoms with Crippen LogP contribution >= 0.6 is 0 Å². The van der Waals surface area contributed by atoms with Gasteiger partial charge in [-0.3, -0.25) is 0 Å². The van der Waals surface area contributed by atoms with Crippen LogP contribution < -0.4 is 0 Å². The molecule has 0 bridgehead atoms. The zero-order chi connectivity index (χ0) is 15.5. The molecular formula is C9H15NaO7S. The molecule has 18 heavy (non-hydrogen) atoms. The average Bonchev–Trinajstić information content (AvgIpc) is 2.17. The van der Waals surface area contributed by atoms with Crippen LogP contribution in [0.5, 0.6) is 0 Å². The minimum atomic E-state index is -3.68. The van der Waals surface area contributed by atoms with Crippen LogP contribution in [0.15, 0.2) is 24.8 Å². The van der Waals surface area contributed by atoms with Gasteiger partial charge in [0.1, 0.15) is 0 Å². The second kappa shape index (κ2) is 11.4. The first-order chi connectivity index (χ1) is 7.86. The van der Waals surface area contributed by atoms with Crippen LogP contribution in [0.1, 0.15) is 13.8 Å². The molecule has 0 aliphatic heterocycles. The van der Waals surface area contributed by atoms with Gasteiger partial charge in [-0.1, -0.05) is 13.2 Å². The van der Waals surface area contributed by atoms with E-state index in [0.717, 1.165) is 6.08 Å². The molecule has 0 saturated carbocycles. The Morgan fingerprint density at radius 3 is 1.50 bits per heavy atom. The topological polar surface area (TPSA) is 129 Å². The first-order valence-corrected chi connectivity index (χ1v) is 7.22. The monoisotopic (exact) mass is 290 g/mol. The van der Waals surface area contributed by atoms with Crippen molar-refractivity contribution in [2.75, 3.05) is 0 Å². The molecule has 0 saturated heterocycles. The van der Waals surface area contributed by atoms with Gasteiger partial charge in [0.2, 0.25) is 0 Å². The van der Waals surface area contributed by atoms with Crippen molar-refractivity contribution in [1.29, 1.82) is 0 Å². The summed E-state index contributed by atoms with van der Waals surface area (Å²) in [7, 11) is -3.68. The van der Waals surface area contributed by atoms with Crippen molar-refractivity contribution in [1.82, 2.24) is 0 Å². The molecular weight excluding hydrogens is 275 g/mol. The summed E-state index contributed by atoms with van der Waals surface area (Å²) in [5.41, 5.74) is 0.176. The number of hydrogen-bond acceptors (Lipinski definition) is 4. The standard InChI is InChI=1S/C4H6O2.C3H4O2.C2H5O3S.Na/c1-3(2)4(5)6;1-2-3(4)5;1-2-6(3,4)5;/h1H2,2H3,(H,5,6);2H,1H2,(H,4,5);2H,1H3,(H,3,4,5);. The maximum absolute atomic E-state index is 9.92. The minimum absolute atomic E-state index is 0.176. The fourth-order valence-corrected chi connectivity index (χ4v) is 0. The summed E-state index contributed by atoms with van der Waals surface area (Å²) in [4.78, 5) is 18.8. The molecule has 0 radical (unpaired) electrons. The Morgan fingerprint density at radius 2 is 1.50 bits per heavy atom. The van der Waals surface area contributed by atoms with Gasteiger partial charge in [-0.05, 0) is 6.92 Å². The molecule has 0 aromatic heterocycles. The van der Waals surface area contributed by atoms with Crippen LogP contribution in [0, 0.1) is 0 Å². The molecule has 0 aromatic rings. The van der Waals surface area contributed by atoms with Crippen LogP contribution in [0.2, 0.25) is 0 Å². The second-order valence-corrected chi connectivity index (χ2v) is 7.73. The molecule has 0 fully saturated rings. The molecule has 3 N–H and O–H groups in total. The summed E-state index contributed by atoms with van der Waals surface area (Å²) in [6.07, 6.45) is 0.833. The van der Waals surface area contributed by atoms with E-state index in [1.54, 1.807) is 0 Å². The molecule has 100 valence electrons. The first-order valence-electron chi connectivity index (χ1n) is 4.56. The van der Waals surface area contributed by atoms with E-state index in [2.05, 4.69) is 13.2 Å². The average molecular weight is 290 g/mol. The second-order valence-electron chi connectivity index (χ2n) is 3.19. The van der Waals surface area contributed by atoms with Gasteiger partial charge in [0, 0.05) is 11.6 Å². The molecule has 0 spiro atoms. The molecule has 9 heteroatoms. The fourth-order valence-electron chi connectivity index (χ4n) is 0. The van der Waals surface area contributed by atoms with Gasteiger partial charge in [0.15, 0.2) is 0 Å². The van der Waals surface area contributed by atoms with Gasteiger partial charge >= 0.3 is 72.4 Å². The summed E-state index contributed by atoms with van der Waals surface area (Å²) in [6, 6.07) is 0. The molecule has 0 amide bonds. The van der Waals surface area contributed by atoms with Gasteiger partial charge < -0.3 is 10.2 Å². The molecule has 0 rings (SSSR count). The Labute approximate surface area is 123 Å². The van der Waals surface area contributed by atoms with Gasteiger partial charge in [0.05, 0.1) is 0 Å². The number of carboxylic acids is 2. The van der Waals surface area contributed by atoms with E-state index in [-0.39, 0.29) is 5.57 Å². The van der Waals surface area contributed by atoms with Crippen molar-refractivity contribution < 1.29 is 32.8 Å². The molecule has 0 aliphatic carbocycles. The predicted molar refractivity (Wildman–Crippen MR) is 67.0 cm³/mol. The summed E-state index contributed by atoms with van der Waals surface area (Å²) in [6.45, 7) is 9.04. The van der Waals surface area contributed by atoms with E-state index in [1.165, 1.54) is 13.8 Å². The summed E-state index contributed by atoms with van der Waals surface area (Å²) >= 11 is 0.490. The summed E-state index contributed by atoms with van der Waals surface area (Å²) in [5.74, 6) is -1.92. The number of carboxylic acid groups (broad SMARTS) is 2. The molecule has 0 aromatic carbocycles. The zero-order valence-electron chi connectivity index (χ0n) is 10.5. The van der Waals surface area contributed by atoms with Crippen LogP contribution in [-0.2, 0) is 19.7 Å². The van der Waals surface area contributed by atoms with E-state index < -0.39 is 24.6 Å². The van der Waals surface area contributed by atoms with Crippen LogP contribution in [0.4, 0.5) is 0 Å². The fraction of sp³-hybridized carbons (Fsp3) is 0.333.